The Morgan fingerprint density at radius 3 is 2.25 bits per heavy atom. The standard InChI is InChI=1S/C49H61N15O5/c1-29-43(30(2)64-49(58(29)3)55-56-57-64)46(67)53-34-4-7-39(50)38(25-34)44(51)33-10-15-52-41(24-33)62-22-20-60(21-23-62)28-31-11-16-59(17-12-31)27-32-13-18-61(19-14-32)35-5-6-36-37(26-35)48(69)63(47(36)68)40-8-9-42(65)54-45(40)66/h4-7,10,15,24-26,30-32,40,51,56-57H,8-9,11-14,16-23,27-28,50H2,1-3H3,(H,53,67)(H,54,65,66)/t30-,40?/m1/s1. The van der Waals surface area contributed by atoms with Crippen LogP contribution in [0.25, 0.3) is 0 Å². The van der Waals surface area contributed by atoms with E-state index < -0.39 is 23.8 Å². The zero-order chi connectivity index (χ0) is 48.1. The van der Waals surface area contributed by atoms with Gasteiger partial charge < -0.3 is 30.7 Å². The summed E-state index contributed by atoms with van der Waals surface area (Å²) in [5.41, 5.74) is 17.6. The second-order valence-corrected chi connectivity index (χ2v) is 19.4. The van der Waals surface area contributed by atoms with Gasteiger partial charge >= 0.3 is 0 Å². The normalized spacial score (nSPS) is 23.0. The van der Waals surface area contributed by atoms with E-state index in [9.17, 15) is 29.4 Å². The molecule has 20 nitrogen and oxygen atoms in total. The van der Waals surface area contributed by atoms with Crippen LogP contribution in [0.4, 0.5) is 22.9 Å². The molecule has 7 N–H and O–H groups in total. The summed E-state index contributed by atoms with van der Waals surface area (Å²) in [7, 11) is 1.86. The second kappa shape index (κ2) is 18.9. The van der Waals surface area contributed by atoms with Gasteiger partial charge in [0.1, 0.15) is 11.9 Å². The third-order valence-corrected chi connectivity index (χ3v) is 15.2. The minimum atomic E-state index is -0.967. The Labute approximate surface area is 401 Å². The number of nitrogens with two attached hydrogens (primary N) is 1. The van der Waals surface area contributed by atoms with Gasteiger partial charge in [-0.15, -0.1) is 10.6 Å². The van der Waals surface area contributed by atoms with Gasteiger partial charge in [0.15, 0.2) is 0 Å². The molecule has 3 aromatic rings. The van der Waals surface area contributed by atoms with Crippen LogP contribution in [-0.4, -0.2) is 155 Å². The molecule has 10 rings (SSSR count). The van der Waals surface area contributed by atoms with Crippen molar-refractivity contribution < 1.29 is 24.0 Å². The Morgan fingerprint density at radius 2 is 1.52 bits per heavy atom. The van der Waals surface area contributed by atoms with Gasteiger partial charge in [-0.25, -0.2) is 15.5 Å². The van der Waals surface area contributed by atoms with E-state index in [0.717, 1.165) is 100 Å². The highest BCUT2D eigenvalue weighted by Crippen LogP contribution is 2.34. The van der Waals surface area contributed by atoms with Crippen LogP contribution in [0.2, 0.25) is 0 Å². The van der Waals surface area contributed by atoms with E-state index in [0.29, 0.717) is 57.0 Å². The quantitative estimate of drug-likeness (QED) is 0.0921. The van der Waals surface area contributed by atoms with Crippen LogP contribution in [-0.2, 0) is 14.4 Å². The number of allylic oxidation sites excluding steroid dienone is 1. The number of anilines is 4. The lowest BCUT2D eigenvalue weighted by Crippen LogP contribution is -2.56. The largest absolute Gasteiger partial charge is 0.398 e. The van der Waals surface area contributed by atoms with Gasteiger partial charge in [-0.3, -0.25) is 44.5 Å². The molecular weight excluding hydrogens is 879 g/mol. The first kappa shape index (κ1) is 45.9. The molecule has 0 radical (unpaired) electrons. The topological polar surface area (TPSA) is 231 Å². The molecule has 4 fully saturated rings. The van der Waals surface area contributed by atoms with Crippen LogP contribution in [0, 0.1) is 17.2 Å². The van der Waals surface area contributed by atoms with Gasteiger partial charge in [0.25, 0.3) is 17.7 Å². The van der Waals surface area contributed by atoms with Gasteiger partial charge in [0, 0.05) is 106 Å². The molecule has 0 spiro atoms. The van der Waals surface area contributed by atoms with Crippen molar-refractivity contribution in [2.75, 3.05) is 93.3 Å². The highest BCUT2D eigenvalue weighted by atomic mass is 16.2. The lowest BCUT2D eigenvalue weighted by Gasteiger charge is -2.41. The summed E-state index contributed by atoms with van der Waals surface area (Å²) in [6.07, 6.45) is 6.48. The molecule has 1 unspecified atom stereocenters. The molecule has 2 atom stereocenters. The average molecular weight is 940 g/mol. The number of rotatable bonds is 11. The summed E-state index contributed by atoms with van der Waals surface area (Å²) in [6, 6.07) is 13.2. The summed E-state index contributed by atoms with van der Waals surface area (Å²) in [5.74, 6) is 0.596. The van der Waals surface area contributed by atoms with Crippen molar-refractivity contribution in [1.29, 1.82) is 5.41 Å². The Hall–Kier alpha value is -6.90. The third kappa shape index (κ3) is 8.99. The zero-order valence-corrected chi connectivity index (χ0v) is 39.5. The Morgan fingerprint density at radius 1 is 0.826 bits per heavy atom. The third-order valence-electron chi connectivity index (χ3n) is 15.2. The average Bonchev–Trinajstić information content (AvgIpc) is 3.95. The molecule has 0 bridgehead atoms. The molecule has 7 aliphatic rings. The summed E-state index contributed by atoms with van der Waals surface area (Å²) in [6.45, 7) is 13.6. The number of carbonyl (C=O) groups is 5. The molecule has 2 aromatic carbocycles. The molecule has 0 saturated carbocycles. The number of aromatic nitrogens is 1. The number of benzene rings is 2. The molecule has 1 aromatic heterocycles. The van der Waals surface area contributed by atoms with E-state index >= 15 is 0 Å². The minimum absolute atomic E-state index is 0.0967. The van der Waals surface area contributed by atoms with Crippen molar-refractivity contribution >= 4 is 64.1 Å². The first-order valence-corrected chi connectivity index (χ1v) is 24.2. The van der Waals surface area contributed by atoms with E-state index in [1.165, 1.54) is 12.8 Å². The van der Waals surface area contributed by atoms with E-state index in [-0.39, 0.29) is 36.4 Å². The number of pyridine rings is 1. The predicted molar refractivity (Wildman–Crippen MR) is 261 cm³/mol. The van der Waals surface area contributed by atoms with Crippen molar-refractivity contribution in [1.82, 2.24) is 46.0 Å². The predicted octanol–water partition coefficient (Wildman–Crippen LogP) is 2.37. The van der Waals surface area contributed by atoms with Gasteiger partial charge in [-0.05, 0) is 119 Å². The lowest BCUT2D eigenvalue weighted by atomic mass is 9.92. The molecule has 8 heterocycles. The molecule has 7 aliphatic heterocycles. The van der Waals surface area contributed by atoms with Crippen molar-refractivity contribution in [3.8, 4) is 0 Å². The molecule has 20 heteroatoms. The summed E-state index contributed by atoms with van der Waals surface area (Å²) >= 11 is 0. The summed E-state index contributed by atoms with van der Waals surface area (Å²) in [5, 5.41) is 20.6. The number of guanidine groups is 1. The van der Waals surface area contributed by atoms with Crippen LogP contribution in [0.5, 0.6) is 0 Å². The fourth-order valence-electron chi connectivity index (χ4n) is 11.1. The van der Waals surface area contributed by atoms with Crippen molar-refractivity contribution in [3.63, 3.8) is 0 Å². The Balaban J connectivity index is 0.664. The van der Waals surface area contributed by atoms with E-state index in [1.807, 2.05) is 44.0 Å². The van der Waals surface area contributed by atoms with Crippen LogP contribution in [0.15, 0.2) is 71.1 Å². The first-order chi connectivity index (χ1) is 33.3. The van der Waals surface area contributed by atoms with E-state index in [1.54, 1.807) is 41.5 Å². The highest BCUT2D eigenvalue weighted by Gasteiger charge is 2.45. The zero-order valence-electron chi connectivity index (χ0n) is 39.5. The number of nitrogens with zero attached hydrogens (tertiary/aromatic N) is 9. The number of carbonyl (C=O) groups excluding carboxylic acids is 5. The number of hydrogen-bond donors (Lipinski definition) is 6. The second-order valence-electron chi connectivity index (χ2n) is 19.4. The summed E-state index contributed by atoms with van der Waals surface area (Å²) in [4.78, 5) is 81.8. The van der Waals surface area contributed by atoms with Crippen molar-refractivity contribution in [3.05, 3.63) is 88.3 Å². The number of nitrogen functional groups attached to an aromatic ring is 1. The smallest absolute Gasteiger partial charge is 0.262 e. The van der Waals surface area contributed by atoms with Gasteiger partial charge in [-0.2, -0.15) is 0 Å². The molecule has 5 amide bonds. The number of hydrazine groups is 2. The number of likely N-dealkylation sites (tertiary alicyclic amines) is 1. The van der Waals surface area contributed by atoms with Gasteiger partial charge in [0.05, 0.1) is 28.5 Å². The monoisotopic (exact) mass is 939 g/mol. The van der Waals surface area contributed by atoms with Crippen LogP contribution < -0.4 is 37.2 Å². The van der Waals surface area contributed by atoms with Crippen molar-refractivity contribution in [2.24, 2.45) is 16.9 Å². The van der Waals surface area contributed by atoms with Crippen LogP contribution >= 0.6 is 0 Å². The maximum Gasteiger partial charge on any atom is 0.262 e. The number of amides is 5. The van der Waals surface area contributed by atoms with Gasteiger partial charge in [-0.1, -0.05) is 0 Å². The number of imide groups is 2. The Bertz CT molecular complexity index is 2650. The van der Waals surface area contributed by atoms with Crippen LogP contribution in [0.3, 0.4) is 0 Å². The van der Waals surface area contributed by atoms with E-state index in [2.05, 4.69) is 46.4 Å². The molecular formula is C49H61N15O5. The molecule has 0 aliphatic carbocycles. The minimum Gasteiger partial charge on any atom is -0.398 e. The van der Waals surface area contributed by atoms with E-state index in [4.69, 9.17) is 10.7 Å². The number of fused-ring (bicyclic) bond motifs is 2. The number of hydrogen-bond acceptors (Lipinski definition) is 17. The maximum absolute atomic E-state index is 13.7. The number of hydrazone groups is 1. The number of piperazine rings is 1. The lowest BCUT2D eigenvalue weighted by molar-refractivity contribution is -0.136. The van der Waals surface area contributed by atoms with Crippen LogP contribution in [0.1, 0.15) is 84.2 Å². The molecule has 362 valence electrons. The van der Waals surface area contributed by atoms with Gasteiger partial charge in [0.2, 0.25) is 17.8 Å². The number of nitrogens with one attached hydrogen (secondary N) is 5. The number of piperidine rings is 3. The van der Waals surface area contributed by atoms with Crippen molar-refractivity contribution in [2.45, 2.75) is 64.5 Å². The fraction of sp³-hybridized carbons (Fsp3) is 0.469. The SMILES string of the molecule is CC1=C(C(=O)Nc2ccc(N)c(C(=N)c3ccnc(N4CCN(CC5CCN(CC6CCN(c7ccc8c(c7)C(=O)N(C7CCC(=O)NC7=O)C8=O)CC6)CC5)CC4)c3)c2)[C@@H](C)N2NNN=C2N1C. The molecule has 4 saturated heterocycles. The first-order valence-electron chi connectivity index (χ1n) is 24.2. The molecule has 69 heavy (non-hydrogen) atoms. The Kier molecular flexibility index (Phi) is 12.6. The highest BCUT2D eigenvalue weighted by molar-refractivity contribution is 6.24. The maximum atomic E-state index is 13.7. The fourth-order valence-corrected chi connectivity index (χ4v) is 11.1. The summed E-state index contributed by atoms with van der Waals surface area (Å²) < 4.78 is 0.